The van der Waals surface area contributed by atoms with Gasteiger partial charge in [-0.2, -0.15) is 5.26 Å². The van der Waals surface area contributed by atoms with Crippen molar-refractivity contribution in [1.29, 1.82) is 5.26 Å². The molecule has 0 fully saturated rings. The smallest absolute Gasteiger partial charge is 0.335 e. The zero-order valence-corrected chi connectivity index (χ0v) is 15.5. The summed E-state index contributed by atoms with van der Waals surface area (Å²) < 4.78 is 0. The Morgan fingerprint density at radius 2 is 1.79 bits per heavy atom. The molecule has 2 aromatic rings. The second-order valence-corrected chi connectivity index (χ2v) is 6.71. The average molecular weight is 384 g/mol. The summed E-state index contributed by atoms with van der Waals surface area (Å²) in [5.74, 6) is -0.939. The van der Waals surface area contributed by atoms with Crippen LogP contribution in [0.15, 0.2) is 65.2 Å². The number of carboxylic acids is 1. The summed E-state index contributed by atoms with van der Waals surface area (Å²) in [7, 11) is 0. The molecular formula is C22H16N4O3. The van der Waals surface area contributed by atoms with E-state index < -0.39 is 5.97 Å². The summed E-state index contributed by atoms with van der Waals surface area (Å²) in [5.41, 5.74) is 7.81. The van der Waals surface area contributed by atoms with E-state index in [2.05, 4.69) is 16.5 Å². The minimum Gasteiger partial charge on any atom is -0.478 e. The van der Waals surface area contributed by atoms with Crippen molar-refractivity contribution in [2.75, 3.05) is 6.54 Å². The standard InChI is InChI=1S/C22H16N4O3/c1-13-12-24-21-19(27)10-18(15-4-2-14(11-23)3-5-15)25-26(21)20(13)16-6-8-17(9-7-16)22(28)29/h2-10,25H,12H2,1H3,(H,28,29). The number of nitrogens with zero attached hydrogens (tertiary/aromatic N) is 3. The fraction of sp³-hybridized carbons (Fsp3) is 0.0909. The number of nitriles is 1. The topological polar surface area (TPSA) is 106 Å². The van der Waals surface area contributed by atoms with Gasteiger partial charge in [0.2, 0.25) is 5.78 Å². The molecule has 0 unspecified atom stereocenters. The molecule has 2 aromatic carbocycles. The van der Waals surface area contributed by atoms with Crippen LogP contribution in [0, 0.1) is 11.3 Å². The molecule has 7 heteroatoms. The third-order valence-electron chi connectivity index (χ3n) is 4.76. The number of carbonyl (C=O) groups is 2. The van der Waals surface area contributed by atoms with Crippen LogP contribution in [0.2, 0.25) is 0 Å². The molecule has 7 nitrogen and oxygen atoms in total. The summed E-state index contributed by atoms with van der Waals surface area (Å²) in [4.78, 5) is 28.2. The maximum atomic E-state index is 12.7. The molecule has 0 spiro atoms. The average Bonchev–Trinajstić information content (AvgIpc) is 2.73. The molecule has 142 valence electrons. The van der Waals surface area contributed by atoms with E-state index in [1.54, 1.807) is 41.4 Å². The van der Waals surface area contributed by atoms with Crippen LogP contribution in [0.1, 0.15) is 34.0 Å². The number of hydrazine groups is 1. The molecule has 0 atom stereocenters. The fourth-order valence-electron chi connectivity index (χ4n) is 3.30. The zero-order valence-electron chi connectivity index (χ0n) is 15.5. The molecule has 2 N–H and O–H groups in total. The molecule has 2 aliphatic heterocycles. The Kier molecular flexibility index (Phi) is 4.45. The maximum Gasteiger partial charge on any atom is 0.335 e. The normalized spacial score (nSPS) is 15.7. The second-order valence-electron chi connectivity index (χ2n) is 6.71. The highest BCUT2D eigenvalue weighted by molar-refractivity contribution is 6.46. The Balaban J connectivity index is 1.72. The van der Waals surface area contributed by atoms with E-state index in [0.717, 1.165) is 22.4 Å². The van der Waals surface area contributed by atoms with Crippen LogP contribution in [-0.4, -0.2) is 34.2 Å². The van der Waals surface area contributed by atoms with Crippen molar-refractivity contribution < 1.29 is 14.7 Å². The molecule has 2 heterocycles. The molecule has 0 saturated carbocycles. The summed E-state index contributed by atoms with van der Waals surface area (Å²) >= 11 is 0. The lowest BCUT2D eigenvalue weighted by atomic mass is 10.0. The number of aromatic carboxylic acids is 1. The van der Waals surface area contributed by atoms with Gasteiger partial charge in [0.15, 0.2) is 5.84 Å². The Bertz CT molecular complexity index is 1150. The van der Waals surface area contributed by atoms with Crippen LogP contribution in [0.25, 0.3) is 11.4 Å². The Morgan fingerprint density at radius 3 is 2.41 bits per heavy atom. The van der Waals surface area contributed by atoms with Gasteiger partial charge in [0.25, 0.3) is 0 Å². The van der Waals surface area contributed by atoms with Gasteiger partial charge in [0, 0.05) is 11.6 Å². The number of benzene rings is 2. The molecule has 0 bridgehead atoms. The minimum atomic E-state index is -0.995. The van der Waals surface area contributed by atoms with Crippen LogP contribution in [0.3, 0.4) is 0 Å². The largest absolute Gasteiger partial charge is 0.478 e. The van der Waals surface area contributed by atoms with Crippen molar-refractivity contribution in [2.45, 2.75) is 6.92 Å². The number of fused-ring (bicyclic) bond motifs is 1. The molecule has 2 aliphatic rings. The first-order valence-electron chi connectivity index (χ1n) is 8.89. The molecule has 0 amide bonds. The molecule has 4 rings (SSSR count). The van der Waals surface area contributed by atoms with Gasteiger partial charge in [-0.3, -0.25) is 15.2 Å². The van der Waals surface area contributed by atoms with Gasteiger partial charge in [-0.05, 0) is 42.3 Å². The maximum absolute atomic E-state index is 12.7. The van der Waals surface area contributed by atoms with Crippen molar-refractivity contribution >= 4 is 29.0 Å². The highest BCUT2D eigenvalue weighted by atomic mass is 16.4. The molecule has 0 aromatic heterocycles. The van der Waals surface area contributed by atoms with Gasteiger partial charge in [-0.25, -0.2) is 9.80 Å². The number of hydrogen-bond acceptors (Lipinski definition) is 6. The van der Waals surface area contributed by atoms with Crippen molar-refractivity contribution in [3.63, 3.8) is 0 Å². The molecule has 0 radical (unpaired) electrons. The molecule has 0 saturated heterocycles. The van der Waals surface area contributed by atoms with E-state index in [-0.39, 0.29) is 17.2 Å². The number of aliphatic imine (C=N–C) groups is 1. The SMILES string of the molecule is CC1=C(c2ccc(C(=O)O)cc2)N2NC(c3ccc(C#N)cc3)=CC(=O)C2=NC1. The molecular weight excluding hydrogens is 368 g/mol. The van der Waals surface area contributed by atoms with E-state index in [9.17, 15) is 9.59 Å². The zero-order chi connectivity index (χ0) is 20.5. The number of carboxylic acid groups (broad SMARTS) is 1. The monoisotopic (exact) mass is 384 g/mol. The highest BCUT2D eigenvalue weighted by Crippen LogP contribution is 2.30. The van der Waals surface area contributed by atoms with Crippen LogP contribution in [0.5, 0.6) is 0 Å². The van der Waals surface area contributed by atoms with Crippen molar-refractivity contribution in [3.8, 4) is 6.07 Å². The third kappa shape index (κ3) is 3.28. The van der Waals surface area contributed by atoms with Crippen molar-refractivity contribution in [2.24, 2.45) is 4.99 Å². The van der Waals surface area contributed by atoms with Crippen LogP contribution in [0.4, 0.5) is 0 Å². The van der Waals surface area contributed by atoms with E-state index in [1.807, 2.05) is 6.92 Å². The number of rotatable bonds is 3. The van der Waals surface area contributed by atoms with Gasteiger partial charge in [-0.1, -0.05) is 24.3 Å². The summed E-state index contributed by atoms with van der Waals surface area (Å²) in [6.45, 7) is 2.31. The lowest BCUT2D eigenvalue weighted by Gasteiger charge is -2.36. The minimum absolute atomic E-state index is 0.192. The quantitative estimate of drug-likeness (QED) is 0.843. The lowest BCUT2D eigenvalue weighted by molar-refractivity contribution is -0.109. The predicted molar refractivity (Wildman–Crippen MR) is 107 cm³/mol. The first kappa shape index (κ1) is 18.2. The number of amidine groups is 1. The van der Waals surface area contributed by atoms with E-state index in [0.29, 0.717) is 17.8 Å². The summed E-state index contributed by atoms with van der Waals surface area (Å²) in [6.07, 6.45) is 1.49. The Morgan fingerprint density at radius 1 is 1.14 bits per heavy atom. The number of hydrogen-bond donors (Lipinski definition) is 2. The Labute approximate surface area is 166 Å². The third-order valence-corrected chi connectivity index (χ3v) is 4.76. The summed E-state index contributed by atoms with van der Waals surface area (Å²) in [5, 5.41) is 19.8. The molecule has 0 aliphatic carbocycles. The summed E-state index contributed by atoms with van der Waals surface area (Å²) in [6, 6.07) is 15.5. The predicted octanol–water partition coefficient (Wildman–Crippen LogP) is 2.83. The first-order chi connectivity index (χ1) is 14.0. The number of nitrogens with one attached hydrogen (secondary N) is 1. The van der Waals surface area contributed by atoms with E-state index >= 15 is 0 Å². The van der Waals surface area contributed by atoms with Crippen LogP contribution in [-0.2, 0) is 4.79 Å². The second kappa shape index (κ2) is 7.09. The van der Waals surface area contributed by atoms with Crippen LogP contribution >= 0.6 is 0 Å². The lowest BCUT2D eigenvalue weighted by Crippen LogP contribution is -2.49. The molecule has 29 heavy (non-hydrogen) atoms. The number of ketones is 1. The highest BCUT2D eigenvalue weighted by Gasteiger charge is 2.32. The van der Waals surface area contributed by atoms with E-state index in [4.69, 9.17) is 10.4 Å². The van der Waals surface area contributed by atoms with Crippen LogP contribution < -0.4 is 5.43 Å². The van der Waals surface area contributed by atoms with Gasteiger partial charge in [0.05, 0.1) is 35.1 Å². The van der Waals surface area contributed by atoms with Gasteiger partial charge in [0.1, 0.15) is 0 Å². The first-order valence-corrected chi connectivity index (χ1v) is 8.89. The van der Waals surface area contributed by atoms with Crippen molar-refractivity contribution in [1.82, 2.24) is 10.4 Å². The van der Waals surface area contributed by atoms with Gasteiger partial charge in [-0.15, -0.1) is 0 Å². The van der Waals surface area contributed by atoms with Gasteiger partial charge < -0.3 is 5.11 Å². The Hall–Kier alpha value is -4.18. The van der Waals surface area contributed by atoms with Crippen molar-refractivity contribution in [3.05, 3.63) is 82.4 Å². The van der Waals surface area contributed by atoms with E-state index in [1.165, 1.54) is 18.2 Å². The van der Waals surface area contributed by atoms with Gasteiger partial charge >= 0.3 is 5.97 Å². The fourth-order valence-corrected chi connectivity index (χ4v) is 3.30. The number of carbonyl (C=O) groups excluding carboxylic acids is 1.